The first kappa shape index (κ1) is 19.7. The van der Waals surface area contributed by atoms with Crippen LogP contribution in [0.1, 0.15) is 25.0 Å². The Morgan fingerprint density at radius 1 is 1.04 bits per heavy atom. The maximum atomic E-state index is 10.1. The van der Waals surface area contributed by atoms with E-state index >= 15 is 0 Å². The van der Waals surface area contributed by atoms with E-state index in [-0.39, 0.29) is 13.2 Å². The number of hydrogen-bond acceptors (Lipinski definition) is 4. The van der Waals surface area contributed by atoms with Gasteiger partial charge in [-0.15, -0.1) is 0 Å². The Labute approximate surface area is 154 Å². The maximum Gasteiger partial charge on any atom is 0.142 e. The van der Waals surface area contributed by atoms with Crippen molar-refractivity contribution in [2.24, 2.45) is 0 Å². The van der Waals surface area contributed by atoms with E-state index in [1.165, 1.54) is 0 Å². The maximum absolute atomic E-state index is 10.1. The van der Waals surface area contributed by atoms with Crippen molar-refractivity contribution >= 4 is 11.6 Å². The molecule has 0 amide bonds. The van der Waals surface area contributed by atoms with Gasteiger partial charge in [0.25, 0.3) is 0 Å². The van der Waals surface area contributed by atoms with Crippen LogP contribution in [0.3, 0.4) is 0 Å². The SMILES string of the molecule is CC(C)NCc1cccc(Cl)c1OCC(O)COCc1ccccc1. The molecule has 0 aliphatic heterocycles. The monoisotopic (exact) mass is 363 g/mol. The van der Waals surface area contributed by atoms with Gasteiger partial charge in [-0.25, -0.2) is 0 Å². The molecule has 0 fully saturated rings. The van der Waals surface area contributed by atoms with E-state index < -0.39 is 6.10 Å². The van der Waals surface area contributed by atoms with E-state index in [4.69, 9.17) is 21.1 Å². The largest absolute Gasteiger partial charge is 0.489 e. The van der Waals surface area contributed by atoms with Gasteiger partial charge >= 0.3 is 0 Å². The van der Waals surface area contributed by atoms with Crippen molar-refractivity contribution in [1.29, 1.82) is 0 Å². The molecule has 136 valence electrons. The summed E-state index contributed by atoms with van der Waals surface area (Å²) in [6.45, 7) is 5.63. The Morgan fingerprint density at radius 2 is 1.80 bits per heavy atom. The van der Waals surface area contributed by atoms with E-state index in [2.05, 4.69) is 19.2 Å². The molecular weight excluding hydrogens is 338 g/mol. The summed E-state index contributed by atoms with van der Waals surface area (Å²) in [6, 6.07) is 15.9. The minimum atomic E-state index is -0.717. The number of rotatable bonds is 10. The molecule has 0 saturated carbocycles. The second-order valence-electron chi connectivity index (χ2n) is 6.23. The van der Waals surface area contributed by atoms with E-state index in [0.717, 1.165) is 11.1 Å². The first-order valence-electron chi connectivity index (χ1n) is 8.49. The zero-order valence-electron chi connectivity index (χ0n) is 14.7. The number of halogens is 1. The third kappa shape index (κ3) is 7.04. The Balaban J connectivity index is 1.81. The van der Waals surface area contributed by atoms with Crippen LogP contribution in [0.15, 0.2) is 48.5 Å². The van der Waals surface area contributed by atoms with Crippen molar-refractivity contribution in [2.45, 2.75) is 39.1 Å². The summed E-state index contributed by atoms with van der Waals surface area (Å²) in [5, 5.41) is 14.0. The van der Waals surface area contributed by atoms with Gasteiger partial charge in [0.15, 0.2) is 0 Å². The Hall–Kier alpha value is -1.59. The van der Waals surface area contributed by atoms with Crippen LogP contribution in [0.4, 0.5) is 0 Å². The summed E-state index contributed by atoms with van der Waals surface area (Å²) >= 11 is 6.25. The zero-order valence-corrected chi connectivity index (χ0v) is 15.5. The van der Waals surface area contributed by atoms with E-state index in [9.17, 15) is 5.11 Å². The standard InChI is InChI=1S/C20H26ClNO3/c1-15(2)22-11-17-9-6-10-19(21)20(17)25-14-18(23)13-24-12-16-7-4-3-5-8-16/h3-10,15,18,22-23H,11-14H2,1-2H3. The highest BCUT2D eigenvalue weighted by atomic mass is 35.5. The fourth-order valence-electron chi connectivity index (χ4n) is 2.28. The Bertz CT molecular complexity index is 634. The molecule has 0 aliphatic rings. The quantitative estimate of drug-likeness (QED) is 0.674. The molecule has 2 N–H and O–H groups in total. The molecule has 2 rings (SSSR count). The number of para-hydroxylation sites is 1. The molecule has 4 nitrogen and oxygen atoms in total. The van der Waals surface area contributed by atoms with Crippen molar-refractivity contribution in [3.05, 3.63) is 64.7 Å². The van der Waals surface area contributed by atoms with E-state index in [1.807, 2.05) is 42.5 Å². The van der Waals surface area contributed by atoms with Crippen LogP contribution in [0, 0.1) is 0 Å². The number of nitrogens with one attached hydrogen (secondary N) is 1. The van der Waals surface area contributed by atoms with Crippen LogP contribution in [0.5, 0.6) is 5.75 Å². The molecule has 25 heavy (non-hydrogen) atoms. The van der Waals surface area contributed by atoms with Crippen molar-refractivity contribution in [1.82, 2.24) is 5.32 Å². The molecule has 1 unspecified atom stereocenters. The molecule has 0 bridgehead atoms. The second kappa shape index (κ2) is 10.4. The molecule has 1 atom stereocenters. The summed E-state index contributed by atoms with van der Waals surface area (Å²) < 4.78 is 11.3. The topological polar surface area (TPSA) is 50.7 Å². The third-order valence-electron chi connectivity index (χ3n) is 3.59. The van der Waals surface area contributed by atoms with Gasteiger partial charge in [-0.05, 0) is 11.6 Å². The average molecular weight is 364 g/mol. The van der Waals surface area contributed by atoms with Gasteiger partial charge in [-0.3, -0.25) is 0 Å². The van der Waals surface area contributed by atoms with Crippen LogP contribution in [-0.4, -0.2) is 30.5 Å². The molecule has 0 radical (unpaired) electrons. The van der Waals surface area contributed by atoms with Gasteiger partial charge in [0.1, 0.15) is 18.5 Å². The first-order chi connectivity index (χ1) is 12.1. The number of benzene rings is 2. The van der Waals surface area contributed by atoms with Crippen molar-refractivity contribution in [2.75, 3.05) is 13.2 Å². The highest BCUT2D eigenvalue weighted by Gasteiger charge is 2.12. The summed E-state index contributed by atoms with van der Waals surface area (Å²) in [7, 11) is 0. The summed E-state index contributed by atoms with van der Waals surface area (Å²) in [6.07, 6.45) is -0.717. The molecule has 0 spiro atoms. The molecule has 5 heteroatoms. The van der Waals surface area contributed by atoms with Gasteiger partial charge in [0.05, 0.1) is 18.2 Å². The van der Waals surface area contributed by atoms with Crippen molar-refractivity contribution in [3.8, 4) is 5.75 Å². The summed E-state index contributed by atoms with van der Waals surface area (Å²) in [5.74, 6) is 0.611. The van der Waals surface area contributed by atoms with Gasteiger partial charge in [-0.2, -0.15) is 0 Å². The van der Waals surface area contributed by atoms with Crippen molar-refractivity contribution in [3.63, 3.8) is 0 Å². The highest BCUT2D eigenvalue weighted by molar-refractivity contribution is 6.32. The number of aliphatic hydroxyl groups is 1. The van der Waals surface area contributed by atoms with Gasteiger partial charge in [0, 0.05) is 18.2 Å². The minimum absolute atomic E-state index is 0.132. The molecular formula is C20H26ClNO3. The Kier molecular flexibility index (Phi) is 8.22. The zero-order chi connectivity index (χ0) is 18.1. The lowest BCUT2D eigenvalue weighted by atomic mass is 10.2. The molecule has 0 aromatic heterocycles. The van der Waals surface area contributed by atoms with Gasteiger partial charge in [-0.1, -0.05) is 67.9 Å². The summed E-state index contributed by atoms with van der Waals surface area (Å²) in [5.41, 5.74) is 2.04. The fraction of sp³-hybridized carbons (Fsp3) is 0.400. The smallest absolute Gasteiger partial charge is 0.142 e. The summed E-state index contributed by atoms with van der Waals surface area (Å²) in [4.78, 5) is 0. The number of aliphatic hydroxyl groups excluding tert-OH is 1. The minimum Gasteiger partial charge on any atom is -0.489 e. The van der Waals surface area contributed by atoms with Gasteiger partial charge in [0.2, 0.25) is 0 Å². The number of ether oxygens (including phenoxy) is 2. The third-order valence-corrected chi connectivity index (χ3v) is 3.89. The lowest BCUT2D eigenvalue weighted by molar-refractivity contribution is 0.00533. The fourth-order valence-corrected chi connectivity index (χ4v) is 2.53. The van der Waals surface area contributed by atoms with Crippen LogP contribution < -0.4 is 10.1 Å². The predicted octanol–water partition coefficient (Wildman–Crippen LogP) is 3.79. The molecule has 2 aromatic carbocycles. The van der Waals surface area contributed by atoms with Crippen LogP contribution in [0.2, 0.25) is 5.02 Å². The van der Waals surface area contributed by atoms with Gasteiger partial charge < -0.3 is 19.9 Å². The van der Waals surface area contributed by atoms with Crippen LogP contribution in [-0.2, 0) is 17.9 Å². The Morgan fingerprint density at radius 3 is 2.52 bits per heavy atom. The highest BCUT2D eigenvalue weighted by Crippen LogP contribution is 2.28. The van der Waals surface area contributed by atoms with Crippen molar-refractivity contribution < 1.29 is 14.6 Å². The molecule has 2 aromatic rings. The molecule has 0 saturated heterocycles. The average Bonchev–Trinajstić information content (AvgIpc) is 2.60. The lowest BCUT2D eigenvalue weighted by Crippen LogP contribution is -2.25. The van der Waals surface area contributed by atoms with Crippen LogP contribution >= 0.6 is 11.6 Å². The second-order valence-corrected chi connectivity index (χ2v) is 6.64. The predicted molar refractivity (Wildman–Crippen MR) is 101 cm³/mol. The number of hydrogen-bond donors (Lipinski definition) is 2. The van der Waals surface area contributed by atoms with E-state index in [1.54, 1.807) is 6.07 Å². The van der Waals surface area contributed by atoms with Crippen LogP contribution in [0.25, 0.3) is 0 Å². The van der Waals surface area contributed by atoms with E-state index in [0.29, 0.717) is 30.0 Å². The lowest BCUT2D eigenvalue weighted by Gasteiger charge is -2.17. The first-order valence-corrected chi connectivity index (χ1v) is 8.87. The molecule has 0 aliphatic carbocycles. The normalized spacial score (nSPS) is 12.4. The molecule has 0 heterocycles.